The number of anilines is 2. The molecule has 1 N–H and O–H groups in total. The second kappa shape index (κ2) is 8.14. The van der Waals surface area contributed by atoms with Crippen LogP contribution in [0.3, 0.4) is 0 Å². The van der Waals surface area contributed by atoms with Crippen molar-refractivity contribution in [3.63, 3.8) is 0 Å². The zero-order valence-corrected chi connectivity index (χ0v) is 14.4. The van der Waals surface area contributed by atoms with Gasteiger partial charge in [-0.05, 0) is 26.0 Å². The number of hydrogen-bond acceptors (Lipinski definition) is 6. The van der Waals surface area contributed by atoms with E-state index in [1.165, 1.54) is 6.20 Å². The van der Waals surface area contributed by atoms with Crippen LogP contribution in [0, 0.1) is 0 Å². The van der Waals surface area contributed by atoms with Crippen LogP contribution in [-0.2, 0) is 0 Å². The van der Waals surface area contributed by atoms with Crippen molar-refractivity contribution in [2.45, 2.75) is 13.8 Å². The van der Waals surface area contributed by atoms with Gasteiger partial charge in [-0.25, -0.2) is 9.97 Å². The van der Waals surface area contributed by atoms with Crippen LogP contribution in [0.5, 0.6) is 11.5 Å². The van der Waals surface area contributed by atoms with Crippen LogP contribution < -0.4 is 19.7 Å². The second-order valence-corrected chi connectivity index (χ2v) is 4.96. The van der Waals surface area contributed by atoms with Crippen molar-refractivity contribution in [3.05, 3.63) is 36.3 Å². The van der Waals surface area contributed by atoms with Gasteiger partial charge in [0.2, 0.25) is 0 Å². The molecule has 0 fully saturated rings. The number of amides is 1. The van der Waals surface area contributed by atoms with E-state index in [1.807, 2.05) is 13.8 Å². The lowest BCUT2D eigenvalue weighted by molar-refractivity contribution is 0.102. The molecule has 1 aromatic carbocycles. The van der Waals surface area contributed by atoms with Crippen LogP contribution in [0.25, 0.3) is 0 Å². The number of methoxy groups -OCH3 is 2. The fourth-order valence-corrected chi connectivity index (χ4v) is 2.26. The first-order chi connectivity index (χ1) is 11.6. The quantitative estimate of drug-likeness (QED) is 0.841. The molecule has 128 valence electrons. The molecule has 0 atom stereocenters. The lowest BCUT2D eigenvalue weighted by Crippen LogP contribution is -2.23. The Bertz CT molecular complexity index is 685. The van der Waals surface area contributed by atoms with E-state index in [4.69, 9.17) is 9.47 Å². The Kier molecular flexibility index (Phi) is 5.95. The molecular formula is C17H22N4O3. The molecule has 0 aliphatic heterocycles. The predicted octanol–water partition coefficient (Wildman–Crippen LogP) is 2.59. The van der Waals surface area contributed by atoms with Gasteiger partial charge in [0, 0.05) is 24.8 Å². The van der Waals surface area contributed by atoms with Crippen molar-refractivity contribution in [3.8, 4) is 11.5 Å². The fraction of sp³-hybridized carbons (Fsp3) is 0.353. The van der Waals surface area contributed by atoms with Crippen molar-refractivity contribution in [2.75, 3.05) is 37.5 Å². The van der Waals surface area contributed by atoms with E-state index in [0.29, 0.717) is 17.2 Å². The zero-order valence-electron chi connectivity index (χ0n) is 14.4. The maximum absolute atomic E-state index is 12.3. The molecule has 1 aromatic heterocycles. The second-order valence-electron chi connectivity index (χ2n) is 4.96. The van der Waals surface area contributed by atoms with Crippen LogP contribution in [0.1, 0.15) is 24.3 Å². The van der Waals surface area contributed by atoms with Crippen LogP contribution in [-0.4, -0.2) is 43.2 Å². The number of ether oxygens (including phenoxy) is 2. The minimum absolute atomic E-state index is 0.251. The molecule has 0 aliphatic rings. The van der Waals surface area contributed by atoms with E-state index in [9.17, 15) is 4.79 Å². The van der Waals surface area contributed by atoms with E-state index in [2.05, 4.69) is 20.2 Å². The Balaban J connectivity index is 2.12. The summed E-state index contributed by atoms with van der Waals surface area (Å²) >= 11 is 0. The monoisotopic (exact) mass is 330 g/mol. The number of carbonyl (C=O) groups excluding carboxylic acids is 1. The molecule has 0 bridgehead atoms. The molecule has 7 nitrogen and oxygen atoms in total. The van der Waals surface area contributed by atoms with Gasteiger partial charge in [-0.1, -0.05) is 0 Å². The van der Waals surface area contributed by atoms with Crippen LogP contribution in [0.15, 0.2) is 30.6 Å². The predicted molar refractivity (Wildman–Crippen MR) is 93.1 cm³/mol. The Hall–Kier alpha value is -2.83. The van der Waals surface area contributed by atoms with Gasteiger partial charge in [-0.2, -0.15) is 0 Å². The van der Waals surface area contributed by atoms with E-state index in [1.54, 1.807) is 38.6 Å². The first-order valence-electron chi connectivity index (χ1n) is 7.73. The normalized spacial score (nSPS) is 10.2. The molecule has 1 amide bonds. The number of benzene rings is 1. The highest BCUT2D eigenvalue weighted by atomic mass is 16.5. The van der Waals surface area contributed by atoms with E-state index in [-0.39, 0.29) is 11.6 Å². The molecule has 1 heterocycles. The molecular weight excluding hydrogens is 308 g/mol. The molecule has 0 saturated carbocycles. The van der Waals surface area contributed by atoms with Gasteiger partial charge in [-0.3, -0.25) is 4.79 Å². The maximum atomic E-state index is 12.3. The average Bonchev–Trinajstić information content (AvgIpc) is 2.63. The largest absolute Gasteiger partial charge is 0.493 e. The third-order valence-electron chi connectivity index (χ3n) is 3.60. The molecule has 0 saturated heterocycles. The van der Waals surface area contributed by atoms with Gasteiger partial charge in [-0.15, -0.1) is 0 Å². The molecule has 24 heavy (non-hydrogen) atoms. The van der Waals surface area contributed by atoms with E-state index >= 15 is 0 Å². The number of aromatic nitrogens is 2. The summed E-state index contributed by atoms with van der Waals surface area (Å²) in [7, 11) is 3.10. The lowest BCUT2D eigenvalue weighted by atomic mass is 10.2. The summed E-state index contributed by atoms with van der Waals surface area (Å²) in [5, 5.41) is 2.77. The summed E-state index contributed by atoms with van der Waals surface area (Å²) in [6.45, 7) is 5.76. The molecule has 0 spiro atoms. The van der Waals surface area contributed by atoms with E-state index in [0.717, 1.165) is 18.9 Å². The van der Waals surface area contributed by atoms with Crippen LogP contribution >= 0.6 is 0 Å². The van der Waals surface area contributed by atoms with Crippen molar-refractivity contribution in [2.24, 2.45) is 0 Å². The molecule has 7 heteroatoms. The standard InChI is InChI=1S/C17H22N4O3/c1-5-21(6-2)16-11-18-13(10-19-16)17(22)20-12-7-8-14(23-3)15(9-12)24-4/h7-11H,5-6H2,1-4H3,(H,20,22). The average molecular weight is 330 g/mol. The topological polar surface area (TPSA) is 76.6 Å². The smallest absolute Gasteiger partial charge is 0.275 e. The Labute approximate surface area is 141 Å². The lowest BCUT2D eigenvalue weighted by Gasteiger charge is -2.19. The third kappa shape index (κ3) is 3.92. The molecule has 0 radical (unpaired) electrons. The van der Waals surface area contributed by atoms with Gasteiger partial charge >= 0.3 is 0 Å². The zero-order chi connectivity index (χ0) is 17.5. The summed E-state index contributed by atoms with van der Waals surface area (Å²) < 4.78 is 10.4. The minimum Gasteiger partial charge on any atom is -0.493 e. The SMILES string of the molecule is CCN(CC)c1cnc(C(=O)Nc2ccc(OC)c(OC)c2)cn1. The summed E-state index contributed by atoms with van der Waals surface area (Å²) in [6, 6.07) is 5.15. The van der Waals surface area contributed by atoms with Gasteiger partial charge in [0.15, 0.2) is 11.5 Å². The molecule has 2 aromatic rings. The number of hydrogen-bond donors (Lipinski definition) is 1. The van der Waals surface area contributed by atoms with Gasteiger partial charge in [0.05, 0.1) is 26.6 Å². The highest BCUT2D eigenvalue weighted by Crippen LogP contribution is 2.29. The van der Waals surface area contributed by atoms with Gasteiger partial charge in [0.25, 0.3) is 5.91 Å². The molecule has 0 aliphatic carbocycles. The number of nitrogens with one attached hydrogen (secondary N) is 1. The van der Waals surface area contributed by atoms with Crippen LogP contribution in [0.4, 0.5) is 11.5 Å². The summed E-state index contributed by atoms with van der Waals surface area (Å²) in [4.78, 5) is 22.8. The van der Waals surface area contributed by atoms with Crippen molar-refractivity contribution in [1.29, 1.82) is 0 Å². The number of nitrogens with zero attached hydrogens (tertiary/aromatic N) is 3. The third-order valence-corrected chi connectivity index (χ3v) is 3.60. The highest BCUT2D eigenvalue weighted by molar-refractivity contribution is 6.02. The number of carbonyl (C=O) groups is 1. The first-order valence-corrected chi connectivity index (χ1v) is 7.73. The highest BCUT2D eigenvalue weighted by Gasteiger charge is 2.12. The maximum Gasteiger partial charge on any atom is 0.275 e. The first kappa shape index (κ1) is 17.5. The van der Waals surface area contributed by atoms with Crippen molar-refractivity contribution < 1.29 is 14.3 Å². The fourth-order valence-electron chi connectivity index (χ4n) is 2.26. The Morgan fingerprint density at radius 3 is 2.33 bits per heavy atom. The molecule has 2 rings (SSSR count). The Morgan fingerprint density at radius 2 is 1.79 bits per heavy atom. The molecule has 0 unspecified atom stereocenters. The summed E-state index contributed by atoms with van der Waals surface area (Å²) in [5.74, 6) is 1.56. The summed E-state index contributed by atoms with van der Waals surface area (Å²) in [6.07, 6.45) is 3.08. The van der Waals surface area contributed by atoms with E-state index < -0.39 is 0 Å². The van der Waals surface area contributed by atoms with Gasteiger partial charge < -0.3 is 19.7 Å². The van der Waals surface area contributed by atoms with Gasteiger partial charge in [0.1, 0.15) is 11.5 Å². The van der Waals surface area contributed by atoms with Crippen LogP contribution in [0.2, 0.25) is 0 Å². The number of rotatable bonds is 7. The van der Waals surface area contributed by atoms with Crippen molar-refractivity contribution in [1.82, 2.24) is 9.97 Å². The minimum atomic E-state index is -0.333. The summed E-state index contributed by atoms with van der Waals surface area (Å²) in [5.41, 5.74) is 0.841. The Morgan fingerprint density at radius 1 is 1.08 bits per heavy atom. The van der Waals surface area contributed by atoms with Crippen molar-refractivity contribution >= 4 is 17.4 Å².